The van der Waals surface area contributed by atoms with Crippen molar-refractivity contribution in [2.75, 3.05) is 13.1 Å². The van der Waals surface area contributed by atoms with Crippen LogP contribution in [0.5, 0.6) is 0 Å². The van der Waals surface area contributed by atoms with Crippen molar-refractivity contribution in [1.29, 1.82) is 5.26 Å². The summed E-state index contributed by atoms with van der Waals surface area (Å²) in [7, 11) is 0. The fourth-order valence-electron chi connectivity index (χ4n) is 4.70. The SMILES string of the molecule is N#CN1CCc2c([nH]c3ccccc23)CCC2CCCCC2C1. The van der Waals surface area contributed by atoms with Crippen LogP contribution in [0, 0.1) is 23.3 Å². The molecule has 1 N–H and O–H groups in total. The van der Waals surface area contributed by atoms with Crippen LogP contribution in [0.2, 0.25) is 0 Å². The van der Waals surface area contributed by atoms with E-state index in [4.69, 9.17) is 0 Å². The molecule has 0 amide bonds. The van der Waals surface area contributed by atoms with Crippen molar-refractivity contribution in [2.45, 2.75) is 44.9 Å². The molecule has 23 heavy (non-hydrogen) atoms. The van der Waals surface area contributed by atoms with Gasteiger partial charge in [-0.05, 0) is 49.1 Å². The highest BCUT2D eigenvalue weighted by molar-refractivity contribution is 5.84. The number of hydrogen-bond acceptors (Lipinski definition) is 2. The van der Waals surface area contributed by atoms with E-state index < -0.39 is 0 Å². The van der Waals surface area contributed by atoms with Gasteiger partial charge >= 0.3 is 0 Å². The van der Waals surface area contributed by atoms with Gasteiger partial charge in [0.1, 0.15) is 0 Å². The highest BCUT2D eigenvalue weighted by Crippen LogP contribution is 2.35. The maximum atomic E-state index is 9.54. The van der Waals surface area contributed by atoms with E-state index >= 15 is 0 Å². The molecule has 1 aliphatic carbocycles. The number of rotatable bonds is 0. The topological polar surface area (TPSA) is 42.8 Å². The van der Waals surface area contributed by atoms with Crippen molar-refractivity contribution < 1.29 is 0 Å². The number of H-pyrrole nitrogens is 1. The van der Waals surface area contributed by atoms with Gasteiger partial charge in [-0.1, -0.05) is 37.5 Å². The summed E-state index contributed by atoms with van der Waals surface area (Å²) in [5.41, 5.74) is 4.10. The molecule has 1 fully saturated rings. The van der Waals surface area contributed by atoms with Gasteiger partial charge < -0.3 is 9.88 Å². The number of hydrogen-bond donors (Lipinski definition) is 1. The zero-order valence-corrected chi connectivity index (χ0v) is 13.7. The van der Waals surface area contributed by atoms with Crippen LogP contribution >= 0.6 is 0 Å². The summed E-state index contributed by atoms with van der Waals surface area (Å²) in [5.74, 6) is 1.51. The molecule has 120 valence electrons. The Hall–Kier alpha value is -1.95. The average Bonchev–Trinajstić information content (AvgIpc) is 2.95. The molecule has 3 heteroatoms. The predicted molar refractivity (Wildman–Crippen MR) is 93.0 cm³/mol. The average molecular weight is 307 g/mol. The normalized spacial score (nSPS) is 25.4. The zero-order chi connectivity index (χ0) is 15.6. The van der Waals surface area contributed by atoms with Crippen molar-refractivity contribution in [3.63, 3.8) is 0 Å². The molecule has 2 aromatic rings. The quantitative estimate of drug-likeness (QED) is 0.740. The molecule has 2 aliphatic rings. The van der Waals surface area contributed by atoms with Crippen molar-refractivity contribution in [3.8, 4) is 6.19 Å². The number of nitriles is 1. The third kappa shape index (κ3) is 2.83. The summed E-state index contributed by atoms with van der Waals surface area (Å²) in [6.07, 6.45) is 11.2. The monoisotopic (exact) mass is 307 g/mol. The van der Waals surface area contributed by atoms with Crippen molar-refractivity contribution in [3.05, 3.63) is 35.5 Å². The molecule has 2 unspecified atom stereocenters. The predicted octanol–water partition coefficient (Wildman–Crippen LogP) is 4.25. The summed E-state index contributed by atoms with van der Waals surface area (Å²) >= 11 is 0. The van der Waals surface area contributed by atoms with Crippen molar-refractivity contribution in [2.24, 2.45) is 11.8 Å². The van der Waals surface area contributed by atoms with Crippen LogP contribution in [0.3, 0.4) is 0 Å². The van der Waals surface area contributed by atoms with Crippen molar-refractivity contribution in [1.82, 2.24) is 9.88 Å². The molecule has 1 aromatic heterocycles. The number of para-hydroxylation sites is 1. The van der Waals surface area contributed by atoms with Crippen LogP contribution in [-0.2, 0) is 12.8 Å². The summed E-state index contributed by atoms with van der Waals surface area (Å²) in [4.78, 5) is 5.67. The van der Waals surface area contributed by atoms with E-state index in [1.165, 1.54) is 54.3 Å². The van der Waals surface area contributed by atoms with Crippen LogP contribution in [-0.4, -0.2) is 23.0 Å². The molecule has 0 radical (unpaired) electrons. The Morgan fingerprint density at radius 1 is 1.04 bits per heavy atom. The molecule has 0 bridgehead atoms. The molecule has 0 spiro atoms. The maximum Gasteiger partial charge on any atom is 0.179 e. The van der Waals surface area contributed by atoms with Crippen LogP contribution in [0.4, 0.5) is 0 Å². The number of nitrogens with one attached hydrogen (secondary N) is 1. The Morgan fingerprint density at radius 3 is 2.74 bits per heavy atom. The smallest absolute Gasteiger partial charge is 0.179 e. The largest absolute Gasteiger partial charge is 0.358 e. The third-order valence-electron chi connectivity index (χ3n) is 5.96. The molecular formula is C20H25N3. The second-order valence-electron chi connectivity index (χ2n) is 7.27. The van der Waals surface area contributed by atoms with Gasteiger partial charge in [0, 0.05) is 29.7 Å². The fraction of sp³-hybridized carbons (Fsp3) is 0.550. The van der Waals surface area contributed by atoms with E-state index in [0.717, 1.165) is 31.8 Å². The number of aryl methyl sites for hydroxylation is 1. The summed E-state index contributed by atoms with van der Waals surface area (Å²) in [5, 5.41) is 10.9. The van der Waals surface area contributed by atoms with Gasteiger partial charge in [0.25, 0.3) is 0 Å². The maximum absolute atomic E-state index is 9.54. The second-order valence-corrected chi connectivity index (χ2v) is 7.27. The van der Waals surface area contributed by atoms with Crippen LogP contribution in [0.15, 0.2) is 24.3 Å². The number of aromatic nitrogens is 1. The van der Waals surface area contributed by atoms with Crippen LogP contribution in [0.1, 0.15) is 43.4 Å². The van der Waals surface area contributed by atoms with E-state index in [1.807, 2.05) is 4.90 Å². The third-order valence-corrected chi connectivity index (χ3v) is 5.96. The van der Waals surface area contributed by atoms with E-state index in [2.05, 4.69) is 35.4 Å². The van der Waals surface area contributed by atoms with Gasteiger partial charge in [0.2, 0.25) is 0 Å². The number of nitrogens with zero attached hydrogens (tertiary/aromatic N) is 2. The minimum absolute atomic E-state index is 0.717. The molecule has 3 nitrogen and oxygen atoms in total. The lowest BCUT2D eigenvalue weighted by molar-refractivity contribution is 0.176. The second kappa shape index (κ2) is 6.28. The Morgan fingerprint density at radius 2 is 1.87 bits per heavy atom. The molecule has 1 aromatic carbocycles. The molecule has 2 atom stereocenters. The first-order valence-corrected chi connectivity index (χ1v) is 9.08. The molecule has 4 rings (SSSR count). The van der Waals surface area contributed by atoms with Crippen LogP contribution in [0.25, 0.3) is 10.9 Å². The lowest BCUT2D eigenvalue weighted by Crippen LogP contribution is -2.34. The summed E-state index contributed by atoms with van der Waals surface area (Å²) in [6.45, 7) is 1.83. The highest BCUT2D eigenvalue weighted by Gasteiger charge is 2.28. The van der Waals surface area contributed by atoms with Gasteiger partial charge in [-0.3, -0.25) is 0 Å². The fourth-order valence-corrected chi connectivity index (χ4v) is 4.70. The first kappa shape index (κ1) is 14.6. The zero-order valence-electron chi connectivity index (χ0n) is 13.7. The van der Waals surface area contributed by atoms with Gasteiger partial charge in [-0.15, -0.1) is 0 Å². The van der Waals surface area contributed by atoms with E-state index in [1.54, 1.807) is 0 Å². The Balaban J connectivity index is 1.69. The summed E-state index contributed by atoms with van der Waals surface area (Å²) in [6, 6.07) is 8.61. The Labute approximate surface area is 138 Å². The lowest BCUT2D eigenvalue weighted by atomic mass is 9.76. The molecule has 2 heterocycles. The highest BCUT2D eigenvalue weighted by atomic mass is 15.1. The minimum Gasteiger partial charge on any atom is -0.358 e. The first-order chi connectivity index (χ1) is 11.3. The number of fused-ring (bicyclic) bond motifs is 4. The van der Waals surface area contributed by atoms with E-state index in [0.29, 0.717) is 5.92 Å². The Bertz CT molecular complexity index is 724. The Kier molecular flexibility index (Phi) is 3.99. The molecule has 1 saturated carbocycles. The van der Waals surface area contributed by atoms with E-state index in [9.17, 15) is 5.26 Å². The van der Waals surface area contributed by atoms with Gasteiger partial charge in [0.05, 0.1) is 0 Å². The van der Waals surface area contributed by atoms with Gasteiger partial charge in [0.15, 0.2) is 6.19 Å². The van der Waals surface area contributed by atoms with Gasteiger partial charge in [-0.25, -0.2) is 0 Å². The van der Waals surface area contributed by atoms with Gasteiger partial charge in [-0.2, -0.15) is 5.26 Å². The molecule has 1 aliphatic heterocycles. The first-order valence-electron chi connectivity index (χ1n) is 9.08. The molecular weight excluding hydrogens is 282 g/mol. The van der Waals surface area contributed by atoms with Crippen molar-refractivity contribution >= 4 is 10.9 Å². The standard InChI is InChI=1S/C20H25N3/c21-14-23-12-11-18-17-7-3-4-8-19(17)22-20(18)10-9-15-5-1-2-6-16(15)13-23/h3-4,7-8,15-16,22H,1-2,5-6,9-13H2. The minimum atomic E-state index is 0.717. The lowest BCUT2D eigenvalue weighted by Gasteiger charge is -2.34. The number of benzene rings is 1. The van der Waals surface area contributed by atoms with Crippen LogP contribution < -0.4 is 0 Å². The summed E-state index contributed by atoms with van der Waals surface area (Å²) < 4.78 is 0. The number of aromatic amines is 1. The van der Waals surface area contributed by atoms with E-state index in [-0.39, 0.29) is 0 Å². The molecule has 0 saturated heterocycles.